The highest BCUT2D eigenvalue weighted by Crippen LogP contribution is 2.24. The minimum Gasteiger partial charge on any atom is -0.457 e. The molecule has 0 fully saturated rings. The van der Waals surface area contributed by atoms with Crippen LogP contribution in [0.1, 0.15) is 22.0 Å². The normalized spacial score (nSPS) is 11.1. The van der Waals surface area contributed by atoms with Crippen LogP contribution >= 0.6 is 0 Å². The topological polar surface area (TPSA) is 93.7 Å². The molecule has 7 nitrogen and oxygen atoms in total. The zero-order valence-corrected chi connectivity index (χ0v) is 16.2. The van der Waals surface area contributed by atoms with Crippen molar-refractivity contribution in [1.29, 1.82) is 0 Å². The van der Waals surface area contributed by atoms with Crippen LogP contribution in [0.3, 0.4) is 0 Å². The molecule has 3 rings (SSSR count). The molecule has 0 aliphatic carbocycles. The molecular formula is C23H20N2O5. The van der Waals surface area contributed by atoms with Gasteiger partial charge in [0.1, 0.15) is 11.5 Å². The minimum atomic E-state index is -1.30. The fraction of sp³-hybridized carbons (Fsp3) is 0.0870. The molecule has 0 unspecified atom stereocenters. The summed E-state index contributed by atoms with van der Waals surface area (Å²) in [6, 6.07) is 23.3. The third kappa shape index (κ3) is 5.45. The Hall–Kier alpha value is -4.13. The molecule has 0 radical (unpaired) electrons. The number of carbonyl (C=O) groups is 3. The van der Waals surface area contributed by atoms with Gasteiger partial charge in [-0.25, -0.2) is 9.59 Å². The second-order valence-corrected chi connectivity index (χ2v) is 6.21. The maximum absolute atomic E-state index is 12.7. The quantitative estimate of drug-likeness (QED) is 0.609. The van der Waals surface area contributed by atoms with Gasteiger partial charge in [0.05, 0.1) is 5.56 Å². The molecule has 0 saturated carbocycles. The van der Waals surface area contributed by atoms with Gasteiger partial charge in [0.25, 0.3) is 5.91 Å². The molecule has 7 heteroatoms. The highest BCUT2D eigenvalue weighted by atomic mass is 16.5. The lowest BCUT2D eigenvalue weighted by Crippen LogP contribution is -2.41. The standard InChI is InChI=1S/C23H20N2O5/c1-24-23(28)25-21(26)20(16-9-4-2-5-10-16)30-22(27)17-11-8-14-19(15-17)29-18-12-6-3-7-13-18/h2-15,20H,1H3,(H2,24,25,26,28)/t20-/m1/s1. The number of carbonyl (C=O) groups excluding carboxylic acids is 3. The summed E-state index contributed by atoms with van der Waals surface area (Å²) in [6.45, 7) is 0. The molecule has 0 bridgehead atoms. The summed E-state index contributed by atoms with van der Waals surface area (Å²) in [6.07, 6.45) is -1.30. The number of amides is 3. The average molecular weight is 404 g/mol. The maximum Gasteiger partial charge on any atom is 0.339 e. The van der Waals surface area contributed by atoms with E-state index >= 15 is 0 Å². The summed E-state index contributed by atoms with van der Waals surface area (Å²) in [5.74, 6) is -0.420. The van der Waals surface area contributed by atoms with Crippen molar-refractivity contribution in [3.8, 4) is 11.5 Å². The van der Waals surface area contributed by atoms with E-state index in [2.05, 4.69) is 10.6 Å². The first-order chi connectivity index (χ1) is 14.6. The zero-order valence-electron chi connectivity index (χ0n) is 16.2. The van der Waals surface area contributed by atoms with Crippen LogP contribution in [-0.4, -0.2) is 25.0 Å². The molecule has 0 aliphatic heterocycles. The van der Waals surface area contributed by atoms with Gasteiger partial charge in [-0.15, -0.1) is 0 Å². The van der Waals surface area contributed by atoms with Gasteiger partial charge in [0.15, 0.2) is 0 Å². The van der Waals surface area contributed by atoms with E-state index in [4.69, 9.17) is 9.47 Å². The fourth-order valence-electron chi connectivity index (χ4n) is 2.63. The number of nitrogens with one attached hydrogen (secondary N) is 2. The lowest BCUT2D eigenvalue weighted by Gasteiger charge is -2.17. The Bertz CT molecular complexity index is 1020. The van der Waals surface area contributed by atoms with Crippen molar-refractivity contribution in [1.82, 2.24) is 10.6 Å². The third-order valence-electron chi connectivity index (χ3n) is 4.08. The lowest BCUT2D eigenvalue weighted by molar-refractivity contribution is -0.129. The minimum absolute atomic E-state index is 0.206. The van der Waals surface area contributed by atoms with Crippen LogP contribution in [0.25, 0.3) is 0 Å². The van der Waals surface area contributed by atoms with E-state index in [1.807, 2.05) is 18.2 Å². The van der Waals surface area contributed by atoms with Crippen LogP contribution in [0, 0.1) is 0 Å². The van der Waals surface area contributed by atoms with Crippen LogP contribution in [-0.2, 0) is 9.53 Å². The fourth-order valence-corrected chi connectivity index (χ4v) is 2.63. The molecule has 1 atom stereocenters. The number of hydrogen-bond donors (Lipinski definition) is 2. The van der Waals surface area contributed by atoms with Crippen molar-refractivity contribution in [3.63, 3.8) is 0 Å². The molecule has 0 heterocycles. The Balaban J connectivity index is 1.79. The summed E-state index contributed by atoms with van der Waals surface area (Å²) < 4.78 is 11.2. The average Bonchev–Trinajstić information content (AvgIpc) is 2.78. The monoisotopic (exact) mass is 404 g/mol. The van der Waals surface area contributed by atoms with E-state index < -0.39 is 24.0 Å². The second kappa shape index (κ2) is 9.88. The van der Waals surface area contributed by atoms with E-state index in [1.165, 1.54) is 13.1 Å². The molecule has 3 amide bonds. The molecule has 152 valence electrons. The lowest BCUT2D eigenvalue weighted by atomic mass is 10.1. The summed E-state index contributed by atoms with van der Waals surface area (Å²) in [5.41, 5.74) is 0.640. The van der Waals surface area contributed by atoms with Crippen molar-refractivity contribution in [2.24, 2.45) is 0 Å². The molecular weight excluding hydrogens is 384 g/mol. The van der Waals surface area contributed by atoms with Gasteiger partial charge in [-0.05, 0) is 30.3 Å². The Morgan fingerprint density at radius 1 is 0.800 bits per heavy atom. The molecule has 0 spiro atoms. The SMILES string of the molecule is CNC(=O)NC(=O)[C@H](OC(=O)c1cccc(Oc2ccccc2)c1)c1ccccc1. The number of urea groups is 1. The molecule has 3 aromatic rings. The smallest absolute Gasteiger partial charge is 0.339 e. The van der Waals surface area contributed by atoms with Crippen molar-refractivity contribution >= 4 is 17.9 Å². The van der Waals surface area contributed by atoms with Crippen LogP contribution in [0.15, 0.2) is 84.9 Å². The Kier molecular flexibility index (Phi) is 6.78. The predicted molar refractivity (Wildman–Crippen MR) is 110 cm³/mol. The molecule has 0 saturated heterocycles. The summed E-state index contributed by atoms with van der Waals surface area (Å²) in [5, 5.41) is 4.43. The molecule has 0 aliphatic rings. The summed E-state index contributed by atoms with van der Waals surface area (Å²) >= 11 is 0. The van der Waals surface area contributed by atoms with E-state index in [0.717, 1.165) is 0 Å². The van der Waals surface area contributed by atoms with Crippen molar-refractivity contribution < 1.29 is 23.9 Å². The number of ether oxygens (including phenoxy) is 2. The maximum atomic E-state index is 12.7. The van der Waals surface area contributed by atoms with Crippen molar-refractivity contribution in [3.05, 3.63) is 96.1 Å². The van der Waals surface area contributed by atoms with Gasteiger partial charge in [-0.3, -0.25) is 10.1 Å². The van der Waals surface area contributed by atoms with Gasteiger partial charge in [-0.2, -0.15) is 0 Å². The van der Waals surface area contributed by atoms with Gasteiger partial charge in [0, 0.05) is 12.6 Å². The third-order valence-corrected chi connectivity index (χ3v) is 4.08. The van der Waals surface area contributed by atoms with Gasteiger partial charge < -0.3 is 14.8 Å². The zero-order chi connectivity index (χ0) is 21.3. The van der Waals surface area contributed by atoms with Crippen LogP contribution in [0.5, 0.6) is 11.5 Å². The number of rotatable bonds is 6. The van der Waals surface area contributed by atoms with Gasteiger partial charge in [0.2, 0.25) is 6.10 Å². The molecule has 30 heavy (non-hydrogen) atoms. The summed E-state index contributed by atoms with van der Waals surface area (Å²) in [7, 11) is 1.38. The number of benzene rings is 3. The van der Waals surface area contributed by atoms with E-state index in [-0.39, 0.29) is 5.56 Å². The van der Waals surface area contributed by atoms with E-state index in [1.54, 1.807) is 60.7 Å². The van der Waals surface area contributed by atoms with Crippen molar-refractivity contribution in [2.45, 2.75) is 6.10 Å². The predicted octanol–water partition coefficient (Wildman–Crippen LogP) is 3.83. The molecule has 0 aromatic heterocycles. The van der Waals surface area contributed by atoms with Gasteiger partial charge >= 0.3 is 12.0 Å². The van der Waals surface area contributed by atoms with E-state index in [9.17, 15) is 14.4 Å². The highest BCUT2D eigenvalue weighted by Gasteiger charge is 2.27. The summed E-state index contributed by atoms with van der Waals surface area (Å²) in [4.78, 5) is 36.8. The number of esters is 1. The van der Waals surface area contributed by atoms with Gasteiger partial charge in [-0.1, -0.05) is 54.6 Å². The van der Waals surface area contributed by atoms with Crippen LogP contribution in [0.4, 0.5) is 4.79 Å². The molecule has 2 N–H and O–H groups in total. The van der Waals surface area contributed by atoms with E-state index in [0.29, 0.717) is 17.1 Å². The first kappa shape index (κ1) is 20.6. The first-order valence-corrected chi connectivity index (χ1v) is 9.18. The first-order valence-electron chi connectivity index (χ1n) is 9.18. The molecule has 3 aromatic carbocycles. The second-order valence-electron chi connectivity index (χ2n) is 6.21. The Morgan fingerprint density at radius 3 is 2.10 bits per heavy atom. The van der Waals surface area contributed by atoms with Crippen molar-refractivity contribution in [2.75, 3.05) is 7.05 Å². The van der Waals surface area contributed by atoms with Crippen LogP contribution in [0.2, 0.25) is 0 Å². The number of imide groups is 1. The largest absolute Gasteiger partial charge is 0.457 e. The number of para-hydroxylation sites is 1. The number of hydrogen-bond acceptors (Lipinski definition) is 5. The van der Waals surface area contributed by atoms with Crippen LogP contribution < -0.4 is 15.4 Å². The Morgan fingerprint density at radius 2 is 1.43 bits per heavy atom. The highest BCUT2D eigenvalue weighted by molar-refractivity contribution is 5.99. The Labute approximate surface area is 173 Å².